The lowest BCUT2D eigenvalue weighted by atomic mass is 9.94. The zero-order valence-electron chi connectivity index (χ0n) is 11.3. The minimum absolute atomic E-state index is 0.240. The van der Waals surface area contributed by atoms with Crippen molar-refractivity contribution in [3.05, 3.63) is 0 Å². The number of likely N-dealkylation sites (tertiary alicyclic amines) is 1. The van der Waals surface area contributed by atoms with Gasteiger partial charge in [0.1, 0.15) is 11.4 Å². The summed E-state index contributed by atoms with van der Waals surface area (Å²) in [6.45, 7) is 8.93. The van der Waals surface area contributed by atoms with E-state index in [1.54, 1.807) is 4.90 Å². The molecule has 0 atom stereocenters. The molecule has 0 aromatic carbocycles. The van der Waals surface area contributed by atoms with Gasteiger partial charge in [-0.1, -0.05) is 6.92 Å². The van der Waals surface area contributed by atoms with E-state index in [4.69, 9.17) is 4.74 Å². The summed E-state index contributed by atoms with van der Waals surface area (Å²) < 4.78 is 5.26. The highest BCUT2D eigenvalue weighted by Crippen LogP contribution is 2.23. The zero-order chi connectivity index (χ0) is 13.1. The van der Waals surface area contributed by atoms with Crippen molar-refractivity contribution in [3.8, 4) is 0 Å². The van der Waals surface area contributed by atoms with Crippen LogP contribution in [0.2, 0.25) is 0 Å². The molecule has 1 saturated heterocycles. The second kappa shape index (κ2) is 5.52. The summed E-state index contributed by atoms with van der Waals surface area (Å²) in [5, 5.41) is 0. The molecule has 0 saturated carbocycles. The monoisotopic (exact) mass is 241 g/mol. The average molecular weight is 241 g/mol. The molecule has 1 fully saturated rings. The molecule has 4 heteroatoms. The van der Waals surface area contributed by atoms with Crippen molar-refractivity contribution in [1.82, 2.24) is 4.90 Å². The summed E-state index contributed by atoms with van der Waals surface area (Å²) in [4.78, 5) is 24.5. The standard InChI is InChI=1S/C13H23NO3/c1-5-11(15)7-6-10-8-14(9-10)12(16)17-13(2,3)4/h10H,5-9H2,1-4H3. The molecule has 0 aromatic heterocycles. The second-order valence-corrected chi connectivity index (χ2v) is 5.68. The molecule has 1 aliphatic rings. The van der Waals surface area contributed by atoms with Gasteiger partial charge in [0.25, 0.3) is 0 Å². The predicted octanol–water partition coefficient (Wildman–Crippen LogP) is 2.61. The highest BCUT2D eigenvalue weighted by atomic mass is 16.6. The Bertz CT molecular complexity index is 288. The van der Waals surface area contributed by atoms with Gasteiger partial charge < -0.3 is 9.64 Å². The second-order valence-electron chi connectivity index (χ2n) is 5.68. The van der Waals surface area contributed by atoms with Crippen LogP contribution in [0.25, 0.3) is 0 Å². The zero-order valence-corrected chi connectivity index (χ0v) is 11.3. The fraction of sp³-hybridized carbons (Fsp3) is 0.846. The number of hydrogen-bond donors (Lipinski definition) is 0. The topological polar surface area (TPSA) is 46.6 Å². The number of amides is 1. The summed E-state index contributed by atoms with van der Waals surface area (Å²) in [7, 11) is 0. The number of carbonyl (C=O) groups is 2. The van der Waals surface area contributed by atoms with Gasteiger partial charge in [0.05, 0.1) is 0 Å². The molecule has 98 valence electrons. The molecule has 0 N–H and O–H groups in total. The Morgan fingerprint density at radius 3 is 2.35 bits per heavy atom. The van der Waals surface area contributed by atoms with Crippen LogP contribution in [-0.2, 0) is 9.53 Å². The number of nitrogens with zero attached hydrogens (tertiary/aromatic N) is 1. The maximum Gasteiger partial charge on any atom is 0.410 e. The third-order valence-electron chi connectivity index (χ3n) is 2.83. The van der Waals surface area contributed by atoms with Crippen LogP contribution < -0.4 is 0 Å². The van der Waals surface area contributed by atoms with Crippen LogP contribution in [0.4, 0.5) is 4.79 Å². The van der Waals surface area contributed by atoms with Crippen LogP contribution in [-0.4, -0.2) is 35.5 Å². The first-order valence-corrected chi connectivity index (χ1v) is 6.31. The van der Waals surface area contributed by atoms with Crippen LogP contribution in [0.1, 0.15) is 47.0 Å². The van der Waals surface area contributed by atoms with Crippen molar-refractivity contribution in [2.75, 3.05) is 13.1 Å². The Balaban J connectivity index is 2.18. The predicted molar refractivity (Wildman–Crippen MR) is 65.8 cm³/mol. The van der Waals surface area contributed by atoms with E-state index in [-0.39, 0.29) is 6.09 Å². The smallest absolute Gasteiger partial charge is 0.410 e. The van der Waals surface area contributed by atoms with E-state index in [1.165, 1.54) is 0 Å². The number of ketones is 1. The first-order valence-electron chi connectivity index (χ1n) is 6.31. The third kappa shape index (κ3) is 4.75. The quantitative estimate of drug-likeness (QED) is 0.760. The number of hydrogen-bond acceptors (Lipinski definition) is 3. The minimum Gasteiger partial charge on any atom is -0.444 e. The van der Waals surface area contributed by atoms with Gasteiger partial charge in [-0.25, -0.2) is 4.79 Å². The maximum atomic E-state index is 11.6. The summed E-state index contributed by atoms with van der Waals surface area (Å²) in [6.07, 6.45) is 1.91. The highest BCUT2D eigenvalue weighted by molar-refractivity contribution is 5.78. The average Bonchev–Trinajstić information content (AvgIpc) is 2.11. The molecule has 0 spiro atoms. The number of Topliss-reactive ketones (excluding diaryl/α,β-unsaturated/α-hetero) is 1. The number of carbonyl (C=O) groups excluding carboxylic acids is 2. The van der Waals surface area contributed by atoms with Crippen LogP contribution in [0.3, 0.4) is 0 Å². The first-order chi connectivity index (χ1) is 7.81. The summed E-state index contributed by atoms with van der Waals surface area (Å²) in [5.74, 6) is 0.777. The normalized spacial score (nSPS) is 16.6. The lowest BCUT2D eigenvalue weighted by Crippen LogP contribution is -2.51. The summed E-state index contributed by atoms with van der Waals surface area (Å²) >= 11 is 0. The lowest BCUT2D eigenvalue weighted by Gasteiger charge is -2.39. The van der Waals surface area contributed by atoms with Crippen molar-refractivity contribution in [3.63, 3.8) is 0 Å². The Kier molecular flexibility index (Phi) is 4.54. The Labute approximate surface area is 103 Å². The molecule has 4 nitrogen and oxygen atoms in total. The van der Waals surface area contributed by atoms with Crippen LogP contribution >= 0.6 is 0 Å². The fourth-order valence-corrected chi connectivity index (χ4v) is 1.77. The van der Waals surface area contributed by atoms with E-state index >= 15 is 0 Å². The molecule has 0 aliphatic carbocycles. The minimum atomic E-state index is -0.430. The van der Waals surface area contributed by atoms with Gasteiger partial charge >= 0.3 is 6.09 Å². The van der Waals surface area contributed by atoms with Crippen molar-refractivity contribution < 1.29 is 14.3 Å². The van der Waals surface area contributed by atoms with Crippen LogP contribution in [0.5, 0.6) is 0 Å². The van der Waals surface area contributed by atoms with E-state index in [9.17, 15) is 9.59 Å². The molecule has 0 bridgehead atoms. The summed E-state index contributed by atoms with van der Waals surface area (Å²) in [6, 6.07) is 0. The van der Waals surface area contributed by atoms with Crippen molar-refractivity contribution in [2.45, 2.75) is 52.6 Å². The van der Waals surface area contributed by atoms with E-state index in [0.29, 0.717) is 24.5 Å². The largest absolute Gasteiger partial charge is 0.444 e. The van der Waals surface area contributed by atoms with Crippen LogP contribution in [0.15, 0.2) is 0 Å². The van der Waals surface area contributed by atoms with Crippen molar-refractivity contribution in [1.29, 1.82) is 0 Å². The van der Waals surface area contributed by atoms with E-state index in [1.807, 2.05) is 27.7 Å². The molecular formula is C13H23NO3. The fourth-order valence-electron chi connectivity index (χ4n) is 1.77. The molecular weight excluding hydrogens is 218 g/mol. The molecule has 1 amide bonds. The summed E-state index contributed by atoms with van der Waals surface area (Å²) in [5.41, 5.74) is -0.430. The highest BCUT2D eigenvalue weighted by Gasteiger charge is 2.33. The van der Waals surface area contributed by atoms with Crippen molar-refractivity contribution >= 4 is 11.9 Å². The number of ether oxygens (including phenoxy) is 1. The van der Waals surface area contributed by atoms with E-state index in [0.717, 1.165) is 19.5 Å². The van der Waals surface area contributed by atoms with Gasteiger partial charge in [0, 0.05) is 25.9 Å². The molecule has 1 aliphatic heterocycles. The molecule has 0 radical (unpaired) electrons. The Morgan fingerprint density at radius 2 is 1.88 bits per heavy atom. The van der Waals surface area contributed by atoms with E-state index in [2.05, 4.69) is 0 Å². The Hall–Kier alpha value is -1.06. The van der Waals surface area contributed by atoms with Crippen LogP contribution in [0, 0.1) is 5.92 Å². The lowest BCUT2D eigenvalue weighted by molar-refractivity contribution is -0.119. The number of rotatable bonds is 4. The van der Waals surface area contributed by atoms with Crippen molar-refractivity contribution in [2.24, 2.45) is 5.92 Å². The third-order valence-corrected chi connectivity index (χ3v) is 2.83. The van der Waals surface area contributed by atoms with Gasteiger partial charge in [0.15, 0.2) is 0 Å². The maximum absolute atomic E-state index is 11.6. The van der Waals surface area contributed by atoms with Gasteiger partial charge in [-0.3, -0.25) is 4.79 Å². The van der Waals surface area contributed by atoms with Gasteiger partial charge in [-0.15, -0.1) is 0 Å². The van der Waals surface area contributed by atoms with E-state index < -0.39 is 5.60 Å². The Morgan fingerprint density at radius 1 is 1.29 bits per heavy atom. The van der Waals surface area contributed by atoms with Gasteiger partial charge in [-0.05, 0) is 33.1 Å². The van der Waals surface area contributed by atoms with Gasteiger partial charge in [0.2, 0.25) is 0 Å². The SMILES string of the molecule is CCC(=O)CCC1CN(C(=O)OC(C)(C)C)C1. The first kappa shape index (κ1) is 14.0. The molecule has 1 heterocycles. The molecule has 0 unspecified atom stereocenters. The van der Waals surface area contributed by atoms with Gasteiger partial charge in [-0.2, -0.15) is 0 Å². The molecule has 17 heavy (non-hydrogen) atoms. The molecule has 0 aromatic rings. The molecule has 1 rings (SSSR count).